The van der Waals surface area contributed by atoms with Crippen LogP contribution in [0, 0.1) is 12.3 Å². The quantitative estimate of drug-likeness (QED) is 0.413. The van der Waals surface area contributed by atoms with Gasteiger partial charge in [0.15, 0.2) is 0 Å². The zero-order valence-corrected chi connectivity index (χ0v) is 16.3. The van der Waals surface area contributed by atoms with Gasteiger partial charge in [0.25, 0.3) is 0 Å². The minimum Gasteiger partial charge on any atom is -0.339 e. The lowest BCUT2D eigenvalue weighted by atomic mass is 9.75. The number of aryl methyl sites for hydroxylation is 3. The summed E-state index contributed by atoms with van der Waals surface area (Å²) in [6.45, 7) is 7.93. The van der Waals surface area contributed by atoms with E-state index in [1.165, 1.54) is 45.2 Å². The fraction of sp³-hybridized carbons (Fsp3) is 0.500. The van der Waals surface area contributed by atoms with Crippen LogP contribution in [-0.2, 0) is 19.4 Å². The van der Waals surface area contributed by atoms with Crippen LogP contribution in [0.5, 0.6) is 0 Å². The Hall–Kier alpha value is -1.54. The zero-order chi connectivity index (χ0) is 17.6. The SMILES string of the molecule is Cc1nc2c(c3c4ccccc4n(CCCCCl)c13)CCC(C)(C)C2. The molecule has 132 valence electrons. The van der Waals surface area contributed by atoms with Crippen molar-refractivity contribution in [1.29, 1.82) is 0 Å². The minimum atomic E-state index is 0.360. The fourth-order valence-electron chi connectivity index (χ4n) is 4.47. The van der Waals surface area contributed by atoms with Crippen LogP contribution in [0.1, 0.15) is 50.1 Å². The van der Waals surface area contributed by atoms with Crippen molar-refractivity contribution in [3.8, 4) is 0 Å². The number of benzene rings is 1. The molecule has 0 atom stereocenters. The van der Waals surface area contributed by atoms with Crippen molar-refractivity contribution in [3.05, 3.63) is 41.2 Å². The fourth-order valence-corrected chi connectivity index (χ4v) is 4.66. The van der Waals surface area contributed by atoms with Crippen molar-refractivity contribution >= 4 is 33.4 Å². The molecule has 1 aliphatic carbocycles. The Labute approximate surface area is 155 Å². The second-order valence-electron chi connectivity index (χ2n) is 8.25. The molecule has 2 nitrogen and oxygen atoms in total. The van der Waals surface area contributed by atoms with Crippen molar-refractivity contribution in [1.82, 2.24) is 9.55 Å². The number of para-hydroxylation sites is 1. The Kier molecular flexibility index (Phi) is 4.27. The first-order chi connectivity index (χ1) is 12.0. The van der Waals surface area contributed by atoms with Gasteiger partial charge in [0.05, 0.1) is 11.2 Å². The smallest absolute Gasteiger partial charge is 0.0710 e. The highest BCUT2D eigenvalue weighted by Crippen LogP contribution is 2.41. The number of nitrogens with zero attached hydrogens (tertiary/aromatic N) is 2. The molecule has 0 bridgehead atoms. The first-order valence-corrected chi connectivity index (χ1v) is 10.0. The highest BCUT2D eigenvalue weighted by atomic mass is 35.5. The molecule has 3 heteroatoms. The molecule has 0 saturated heterocycles. The van der Waals surface area contributed by atoms with E-state index in [9.17, 15) is 0 Å². The third kappa shape index (κ3) is 2.85. The van der Waals surface area contributed by atoms with E-state index < -0.39 is 0 Å². The summed E-state index contributed by atoms with van der Waals surface area (Å²) in [7, 11) is 0. The molecule has 2 heterocycles. The molecule has 0 radical (unpaired) electrons. The summed E-state index contributed by atoms with van der Waals surface area (Å²) in [6.07, 6.45) is 5.64. The van der Waals surface area contributed by atoms with Crippen LogP contribution in [0.25, 0.3) is 21.8 Å². The predicted molar refractivity (Wildman–Crippen MR) is 108 cm³/mol. The second kappa shape index (κ2) is 6.32. The number of rotatable bonds is 4. The minimum absolute atomic E-state index is 0.360. The van der Waals surface area contributed by atoms with Gasteiger partial charge in [0.1, 0.15) is 0 Å². The Morgan fingerprint density at radius 2 is 2.00 bits per heavy atom. The highest BCUT2D eigenvalue weighted by Gasteiger charge is 2.29. The first kappa shape index (κ1) is 16.9. The lowest BCUT2D eigenvalue weighted by Crippen LogP contribution is -2.23. The molecule has 0 saturated carbocycles. The lowest BCUT2D eigenvalue weighted by molar-refractivity contribution is 0.311. The number of alkyl halides is 1. The topological polar surface area (TPSA) is 17.8 Å². The summed E-state index contributed by atoms with van der Waals surface area (Å²) < 4.78 is 2.49. The Balaban J connectivity index is 1.99. The van der Waals surface area contributed by atoms with E-state index in [0.29, 0.717) is 5.41 Å². The van der Waals surface area contributed by atoms with E-state index in [-0.39, 0.29) is 0 Å². The number of unbranched alkanes of at least 4 members (excludes halogenated alkanes) is 1. The van der Waals surface area contributed by atoms with Gasteiger partial charge in [-0.05, 0) is 56.1 Å². The molecular formula is C22H27ClN2. The number of hydrogen-bond donors (Lipinski definition) is 0. The van der Waals surface area contributed by atoms with Crippen molar-refractivity contribution in [2.75, 3.05) is 5.88 Å². The molecule has 0 amide bonds. The number of halogens is 1. The normalized spacial score (nSPS) is 16.5. The molecule has 3 aromatic rings. The summed E-state index contributed by atoms with van der Waals surface area (Å²) in [5.41, 5.74) is 7.04. The zero-order valence-electron chi connectivity index (χ0n) is 15.5. The molecule has 1 aromatic carbocycles. The molecule has 2 aromatic heterocycles. The molecule has 0 fully saturated rings. The summed E-state index contributed by atoms with van der Waals surface area (Å²) in [5, 5.41) is 2.85. The number of aromatic nitrogens is 2. The largest absolute Gasteiger partial charge is 0.339 e. The predicted octanol–water partition coefficient (Wildman–Crippen LogP) is 6.03. The monoisotopic (exact) mass is 354 g/mol. The summed E-state index contributed by atoms with van der Waals surface area (Å²) in [5.74, 6) is 0.735. The maximum Gasteiger partial charge on any atom is 0.0710 e. The lowest BCUT2D eigenvalue weighted by Gasteiger charge is -2.31. The van der Waals surface area contributed by atoms with Crippen molar-refractivity contribution in [2.45, 2.75) is 59.4 Å². The maximum absolute atomic E-state index is 5.91. The van der Waals surface area contributed by atoms with E-state index in [1.54, 1.807) is 0 Å². The highest BCUT2D eigenvalue weighted by molar-refractivity contribution is 6.17. The van der Waals surface area contributed by atoms with Gasteiger partial charge >= 0.3 is 0 Å². The van der Waals surface area contributed by atoms with Gasteiger partial charge in [-0.15, -0.1) is 11.6 Å². The Bertz CT molecular complexity index is 936. The van der Waals surface area contributed by atoms with E-state index in [1.807, 2.05) is 0 Å². The van der Waals surface area contributed by atoms with Crippen LogP contribution in [0.15, 0.2) is 24.3 Å². The van der Waals surface area contributed by atoms with Crippen LogP contribution >= 0.6 is 11.6 Å². The molecule has 0 spiro atoms. The summed E-state index contributed by atoms with van der Waals surface area (Å²) in [4.78, 5) is 5.07. The third-order valence-corrected chi connectivity index (χ3v) is 6.00. The van der Waals surface area contributed by atoms with Crippen molar-refractivity contribution in [3.63, 3.8) is 0 Å². The molecule has 25 heavy (non-hydrogen) atoms. The van der Waals surface area contributed by atoms with Crippen molar-refractivity contribution < 1.29 is 0 Å². The summed E-state index contributed by atoms with van der Waals surface area (Å²) in [6, 6.07) is 8.86. The molecule has 0 N–H and O–H groups in total. The van der Waals surface area contributed by atoms with E-state index >= 15 is 0 Å². The number of hydrogen-bond acceptors (Lipinski definition) is 1. The van der Waals surface area contributed by atoms with Crippen LogP contribution in [0.3, 0.4) is 0 Å². The van der Waals surface area contributed by atoms with Gasteiger partial charge in [0, 0.05) is 34.4 Å². The average molecular weight is 355 g/mol. The van der Waals surface area contributed by atoms with E-state index in [0.717, 1.165) is 38.1 Å². The number of pyridine rings is 1. The Morgan fingerprint density at radius 1 is 1.20 bits per heavy atom. The van der Waals surface area contributed by atoms with Gasteiger partial charge in [-0.25, -0.2) is 0 Å². The third-order valence-electron chi connectivity index (χ3n) is 5.73. The van der Waals surface area contributed by atoms with Gasteiger partial charge in [0.2, 0.25) is 0 Å². The van der Waals surface area contributed by atoms with Crippen LogP contribution < -0.4 is 0 Å². The van der Waals surface area contributed by atoms with Gasteiger partial charge < -0.3 is 4.57 Å². The average Bonchev–Trinajstić information content (AvgIpc) is 2.90. The molecule has 1 aliphatic rings. The molecule has 0 unspecified atom stereocenters. The van der Waals surface area contributed by atoms with Gasteiger partial charge in [-0.2, -0.15) is 0 Å². The van der Waals surface area contributed by atoms with Gasteiger partial charge in [-0.3, -0.25) is 4.98 Å². The molecular weight excluding hydrogens is 328 g/mol. The molecule has 0 aliphatic heterocycles. The standard InChI is InChI=1S/C22H27ClN2/c1-15-21-20(16-10-11-22(2,3)14-18(16)24-15)17-8-4-5-9-19(17)25(21)13-7-6-12-23/h4-5,8-9H,6-7,10-14H2,1-3H3. The first-order valence-electron chi connectivity index (χ1n) is 9.47. The molecule has 4 rings (SSSR count). The van der Waals surface area contributed by atoms with Crippen LogP contribution in [0.2, 0.25) is 0 Å². The second-order valence-corrected chi connectivity index (χ2v) is 8.63. The Morgan fingerprint density at radius 3 is 2.80 bits per heavy atom. The van der Waals surface area contributed by atoms with Crippen molar-refractivity contribution in [2.24, 2.45) is 5.41 Å². The maximum atomic E-state index is 5.91. The summed E-state index contributed by atoms with van der Waals surface area (Å²) >= 11 is 5.91. The van der Waals surface area contributed by atoms with E-state index in [2.05, 4.69) is 49.6 Å². The van der Waals surface area contributed by atoms with Gasteiger partial charge in [-0.1, -0.05) is 32.0 Å². The van der Waals surface area contributed by atoms with Crippen LogP contribution in [0.4, 0.5) is 0 Å². The van der Waals surface area contributed by atoms with E-state index in [4.69, 9.17) is 16.6 Å². The number of fused-ring (bicyclic) bond motifs is 5. The van der Waals surface area contributed by atoms with Crippen LogP contribution in [-0.4, -0.2) is 15.4 Å².